The number of nitrogens with one attached hydrogen (secondary N) is 1. The number of rotatable bonds is 11. The highest BCUT2D eigenvalue weighted by Gasteiger charge is 2.17. The van der Waals surface area contributed by atoms with Crippen molar-refractivity contribution in [1.82, 2.24) is 5.32 Å². The zero-order chi connectivity index (χ0) is 34.8. The molecule has 1 aliphatic heterocycles. The first-order valence-corrected chi connectivity index (χ1v) is 17.3. The Morgan fingerprint density at radius 2 is 1.71 bits per heavy atom. The van der Waals surface area contributed by atoms with Gasteiger partial charge in [0.1, 0.15) is 11.3 Å². The maximum atomic E-state index is 10.1. The van der Waals surface area contributed by atoms with Crippen LogP contribution < -0.4 is 21.3 Å². The number of allylic oxidation sites excluding steroid dienone is 4. The first-order valence-electron chi connectivity index (χ1n) is 15.8. The molecule has 45 heavy (non-hydrogen) atoms. The molecule has 0 atom stereocenters. The fourth-order valence-electron chi connectivity index (χ4n) is 3.95. The van der Waals surface area contributed by atoms with Crippen LogP contribution in [-0.4, -0.2) is 49.6 Å². The van der Waals surface area contributed by atoms with Gasteiger partial charge < -0.3 is 30.2 Å². The van der Waals surface area contributed by atoms with Crippen LogP contribution in [0.1, 0.15) is 74.3 Å². The topological polar surface area (TPSA) is 134 Å². The van der Waals surface area contributed by atoms with Crippen LogP contribution in [0.3, 0.4) is 0 Å². The van der Waals surface area contributed by atoms with E-state index in [1.807, 2.05) is 20.8 Å². The van der Waals surface area contributed by atoms with E-state index in [0.717, 1.165) is 47.3 Å². The van der Waals surface area contributed by atoms with E-state index in [0.29, 0.717) is 6.54 Å². The summed E-state index contributed by atoms with van der Waals surface area (Å²) < 4.78 is 20.6. The van der Waals surface area contributed by atoms with Crippen molar-refractivity contribution in [2.45, 2.75) is 68.7 Å². The van der Waals surface area contributed by atoms with Gasteiger partial charge in [0.2, 0.25) is 0 Å². The Morgan fingerprint density at radius 3 is 2.22 bits per heavy atom. The second kappa shape index (κ2) is 26.1. The maximum Gasteiger partial charge on any atom is 0.469 e. The summed E-state index contributed by atoms with van der Waals surface area (Å²) in [7, 11) is -2.81. The highest BCUT2D eigenvalue weighted by Crippen LogP contribution is 2.38. The summed E-state index contributed by atoms with van der Waals surface area (Å²) in [6.45, 7) is 25.4. The predicted molar refractivity (Wildman–Crippen MR) is 195 cm³/mol. The lowest BCUT2D eigenvalue weighted by atomic mass is 9.94. The number of anilines is 1. The molecule has 1 aliphatic carbocycles. The molecule has 0 saturated carbocycles. The lowest BCUT2D eigenvalue weighted by Crippen LogP contribution is -2.21. The molecule has 1 aromatic carbocycles. The first kappa shape index (κ1) is 43.9. The van der Waals surface area contributed by atoms with Gasteiger partial charge in [0.15, 0.2) is 0 Å². The number of nitrogens with zero attached hydrogens (tertiary/aromatic N) is 2. The summed E-state index contributed by atoms with van der Waals surface area (Å²) in [5.74, 6) is 0.889. The quantitative estimate of drug-likeness (QED) is 0.0710. The second-order valence-corrected chi connectivity index (χ2v) is 10.3. The largest absolute Gasteiger partial charge is 0.469 e. The van der Waals surface area contributed by atoms with Crippen LogP contribution in [0.15, 0.2) is 76.8 Å². The predicted octanol–water partition coefficient (Wildman–Crippen LogP) is 8.13. The number of hydrogen-bond acceptors (Lipinski definition) is 7. The van der Waals surface area contributed by atoms with Crippen LogP contribution in [0.4, 0.5) is 5.69 Å². The van der Waals surface area contributed by atoms with Crippen LogP contribution in [0.2, 0.25) is 0 Å². The molecule has 9 nitrogen and oxygen atoms in total. The molecule has 1 heterocycles. The van der Waals surface area contributed by atoms with Gasteiger partial charge in [0.05, 0.1) is 12.0 Å². The van der Waals surface area contributed by atoms with Crippen molar-refractivity contribution < 1.29 is 23.3 Å². The lowest BCUT2D eigenvalue weighted by Gasteiger charge is -2.22. The van der Waals surface area contributed by atoms with Crippen LogP contribution >= 0.6 is 7.82 Å². The SMILES string of the molecule is C/C=C(\C)c1c2ccc(=NCC)cc-2oc2cc(N(CC)CC)ccc12.C=C/C=C/NCCOP(=O)(O)O.CC.CCC.CN. The number of benzene rings is 2. The van der Waals surface area contributed by atoms with Gasteiger partial charge in [-0.1, -0.05) is 52.8 Å². The second-order valence-electron chi connectivity index (χ2n) is 9.04. The molecule has 5 N–H and O–H groups in total. The molecule has 0 aromatic heterocycles. The molecule has 0 unspecified atom stereocenters. The number of fused-ring (bicyclic) bond motifs is 2. The zero-order valence-corrected chi connectivity index (χ0v) is 30.2. The number of phosphoric acid groups is 1. The molecule has 0 amide bonds. The van der Waals surface area contributed by atoms with Crippen molar-refractivity contribution in [1.29, 1.82) is 0 Å². The maximum absolute atomic E-state index is 10.1. The van der Waals surface area contributed by atoms with Crippen molar-refractivity contribution in [2.24, 2.45) is 10.7 Å². The van der Waals surface area contributed by atoms with Crippen molar-refractivity contribution in [3.05, 3.63) is 78.3 Å². The molecule has 0 radical (unpaired) electrons. The Labute approximate surface area is 272 Å². The van der Waals surface area contributed by atoms with Gasteiger partial charge in [-0.3, -0.25) is 9.52 Å². The average molecular weight is 647 g/mol. The van der Waals surface area contributed by atoms with Gasteiger partial charge in [-0.05, 0) is 89.3 Å². The smallest absolute Gasteiger partial charge is 0.456 e. The summed E-state index contributed by atoms with van der Waals surface area (Å²) in [6, 6.07) is 12.8. The summed E-state index contributed by atoms with van der Waals surface area (Å²) in [5, 5.41) is 4.86. The third-order valence-electron chi connectivity index (χ3n) is 5.84. The van der Waals surface area contributed by atoms with Gasteiger partial charge in [-0.25, -0.2) is 4.57 Å². The molecular formula is C35H59N4O5P. The summed E-state index contributed by atoms with van der Waals surface area (Å²) >= 11 is 0. The summed E-state index contributed by atoms with van der Waals surface area (Å²) in [4.78, 5) is 23.4. The van der Waals surface area contributed by atoms with E-state index in [4.69, 9.17) is 14.2 Å². The van der Waals surface area contributed by atoms with Crippen LogP contribution in [0, 0.1) is 0 Å². The van der Waals surface area contributed by atoms with E-state index >= 15 is 0 Å². The van der Waals surface area contributed by atoms with E-state index in [1.165, 1.54) is 30.3 Å². The molecular weight excluding hydrogens is 587 g/mol. The van der Waals surface area contributed by atoms with Gasteiger partial charge in [-0.2, -0.15) is 0 Å². The van der Waals surface area contributed by atoms with Crippen molar-refractivity contribution in [2.75, 3.05) is 44.7 Å². The Balaban J connectivity index is 0. The highest BCUT2D eigenvalue weighted by molar-refractivity contribution is 7.46. The summed E-state index contributed by atoms with van der Waals surface area (Å²) in [6.07, 6.45) is 8.27. The fraction of sp³-hybridized carbons (Fsp3) is 0.457. The minimum absolute atomic E-state index is 0.0360. The van der Waals surface area contributed by atoms with E-state index in [2.05, 4.69) is 116 Å². The molecule has 0 spiro atoms. The van der Waals surface area contributed by atoms with E-state index in [1.54, 1.807) is 18.4 Å². The van der Waals surface area contributed by atoms with Gasteiger partial charge >= 0.3 is 7.82 Å². The molecule has 0 saturated heterocycles. The zero-order valence-electron chi connectivity index (χ0n) is 29.3. The van der Waals surface area contributed by atoms with Gasteiger partial charge in [0.25, 0.3) is 0 Å². The first-order chi connectivity index (χ1) is 21.6. The molecule has 2 aliphatic rings. The molecule has 10 heteroatoms. The third kappa shape index (κ3) is 16.6. The monoisotopic (exact) mass is 646 g/mol. The Morgan fingerprint density at radius 1 is 1.09 bits per heavy atom. The van der Waals surface area contributed by atoms with Crippen molar-refractivity contribution in [3.63, 3.8) is 0 Å². The highest BCUT2D eigenvalue weighted by atomic mass is 31.2. The van der Waals surface area contributed by atoms with E-state index < -0.39 is 7.82 Å². The van der Waals surface area contributed by atoms with Gasteiger partial charge in [0, 0.05) is 54.9 Å². The molecule has 1 aromatic rings. The Bertz CT molecular complexity index is 1360. The van der Waals surface area contributed by atoms with Crippen LogP contribution in [0.25, 0.3) is 27.9 Å². The lowest BCUT2D eigenvalue weighted by molar-refractivity contribution is 0.199. The Hall–Kier alpha value is -3.20. The number of hydrogen-bond donors (Lipinski definition) is 4. The molecule has 0 fully saturated rings. The molecule has 254 valence electrons. The summed E-state index contributed by atoms with van der Waals surface area (Å²) in [5.41, 5.74) is 10.3. The fourth-order valence-corrected chi connectivity index (χ4v) is 4.28. The normalized spacial score (nSPS) is 11.3. The van der Waals surface area contributed by atoms with Crippen LogP contribution in [0.5, 0.6) is 0 Å². The van der Waals surface area contributed by atoms with Crippen LogP contribution in [-0.2, 0) is 9.09 Å². The van der Waals surface area contributed by atoms with Gasteiger partial charge in [-0.15, -0.1) is 0 Å². The minimum Gasteiger partial charge on any atom is -0.456 e. The van der Waals surface area contributed by atoms with Crippen molar-refractivity contribution >= 4 is 30.1 Å². The average Bonchev–Trinajstić information content (AvgIpc) is 3.04. The van der Waals surface area contributed by atoms with E-state index in [-0.39, 0.29) is 6.61 Å². The van der Waals surface area contributed by atoms with E-state index in [9.17, 15) is 4.57 Å². The van der Waals surface area contributed by atoms with Crippen molar-refractivity contribution in [3.8, 4) is 11.3 Å². The molecule has 0 bridgehead atoms. The Kier molecular flexibility index (Phi) is 25.4. The number of phosphoric ester groups is 1. The molecule has 3 rings (SSSR count). The minimum atomic E-state index is -4.31. The number of nitrogens with two attached hydrogens (primary N) is 1. The third-order valence-corrected chi connectivity index (χ3v) is 6.36. The standard InChI is InChI=1S/C23H28N2O.C6H12NO4P.C3H8.C2H6.CH5N/c1-6-16(5)23-19-12-10-17(24-7-2)14-21(19)26-22-15-18(11-13-20(22)23)25(8-3)9-4;1-2-3-4-7-5-6-11-12(8,9)10;1-3-2;2*1-2/h6,10-15H,7-9H2,1-5H3;2-4,7H,1,5-6H2,(H2,8,9,10);3H2,1-2H3;1-2H3;2H2,1H3/b16-6+,24-17?;4-3+;;;.